The average Bonchev–Trinajstić information content (AvgIpc) is 2.97. The zero-order valence-electron chi connectivity index (χ0n) is 13.1. The second-order valence-corrected chi connectivity index (χ2v) is 6.21. The number of rotatable bonds is 4. The van der Waals surface area contributed by atoms with Gasteiger partial charge in [-0.25, -0.2) is 0 Å². The molecule has 0 unspecified atom stereocenters. The van der Waals surface area contributed by atoms with E-state index >= 15 is 0 Å². The molecule has 116 valence electrons. The zero-order valence-corrected chi connectivity index (χ0v) is 13.1. The third-order valence-corrected chi connectivity index (χ3v) is 4.33. The van der Waals surface area contributed by atoms with Crippen LogP contribution in [0.15, 0.2) is 36.5 Å². The standard InChI is InChI=1S/C18H23N3O/c1-14-7-9-15(10-8-14)13-21-12-11-17(20-21)19-18(22)16-5-3-2-4-6-16/h7-12,16H,2-6,13H2,1H3,(H,19,20,22). The van der Waals surface area contributed by atoms with E-state index in [0.29, 0.717) is 5.82 Å². The zero-order chi connectivity index (χ0) is 15.4. The summed E-state index contributed by atoms with van der Waals surface area (Å²) in [6.07, 6.45) is 7.52. The monoisotopic (exact) mass is 297 g/mol. The van der Waals surface area contributed by atoms with Gasteiger partial charge in [0.15, 0.2) is 5.82 Å². The largest absolute Gasteiger partial charge is 0.309 e. The first-order valence-electron chi connectivity index (χ1n) is 8.10. The Hall–Kier alpha value is -2.10. The molecule has 3 rings (SSSR count). The molecule has 2 aromatic rings. The van der Waals surface area contributed by atoms with E-state index in [9.17, 15) is 4.79 Å². The van der Waals surface area contributed by atoms with Crippen LogP contribution in [-0.4, -0.2) is 15.7 Å². The van der Waals surface area contributed by atoms with Gasteiger partial charge in [0.2, 0.25) is 5.91 Å². The van der Waals surface area contributed by atoms with E-state index in [2.05, 4.69) is 41.6 Å². The SMILES string of the molecule is Cc1ccc(Cn2ccc(NC(=O)C3CCCCC3)n2)cc1. The smallest absolute Gasteiger partial charge is 0.228 e. The minimum Gasteiger partial charge on any atom is -0.309 e. The number of aryl methyl sites for hydroxylation is 1. The fraction of sp³-hybridized carbons (Fsp3) is 0.444. The van der Waals surface area contributed by atoms with Crippen molar-refractivity contribution in [2.75, 3.05) is 5.32 Å². The summed E-state index contributed by atoms with van der Waals surface area (Å²) >= 11 is 0. The van der Waals surface area contributed by atoms with Crippen LogP contribution in [0.1, 0.15) is 43.2 Å². The molecular formula is C18H23N3O. The summed E-state index contributed by atoms with van der Waals surface area (Å²) in [5.41, 5.74) is 2.46. The Kier molecular flexibility index (Phi) is 4.56. The molecule has 0 spiro atoms. The number of hydrogen-bond acceptors (Lipinski definition) is 2. The van der Waals surface area contributed by atoms with Gasteiger partial charge in [0.1, 0.15) is 0 Å². The quantitative estimate of drug-likeness (QED) is 0.934. The number of aromatic nitrogens is 2. The molecule has 1 fully saturated rings. The summed E-state index contributed by atoms with van der Waals surface area (Å²) in [6.45, 7) is 2.80. The molecule has 1 amide bonds. The van der Waals surface area contributed by atoms with Crippen molar-refractivity contribution in [1.29, 1.82) is 0 Å². The second-order valence-electron chi connectivity index (χ2n) is 6.21. The van der Waals surface area contributed by atoms with Gasteiger partial charge >= 0.3 is 0 Å². The molecule has 0 aliphatic heterocycles. The molecule has 0 atom stereocenters. The first-order valence-corrected chi connectivity index (χ1v) is 8.10. The summed E-state index contributed by atoms with van der Waals surface area (Å²) in [5.74, 6) is 0.943. The second kappa shape index (κ2) is 6.77. The van der Waals surface area contributed by atoms with Crippen molar-refractivity contribution < 1.29 is 4.79 Å². The molecule has 1 saturated carbocycles. The highest BCUT2D eigenvalue weighted by atomic mass is 16.2. The Labute approximate surface area is 131 Å². The highest BCUT2D eigenvalue weighted by molar-refractivity contribution is 5.91. The highest BCUT2D eigenvalue weighted by Crippen LogP contribution is 2.24. The lowest BCUT2D eigenvalue weighted by Crippen LogP contribution is -2.25. The number of nitrogens with one attached hydrogen (secondary N) is 1. The van der Waals surface area contributed by atoms with Crippen molar-refractivity contribution in [2.45, 2.75) is 45.6 Å². The fourth-order valence-corrected chi connectivity index (χ4v) is 2.99. The number of hydrogen-bond donors (Lipinski definition) is 1. The predicted molar refractivity (Wildman–Crippen MR) is 87.7 cm³/mol. The number of amides is 1. The topological polar surface area (TPSA) is 46.9 Å². The van der Waals surface area contributed by atoms with Crippen LogP contribution in [0, 0.1) is 12.8 Å². The van der Waals surface area contributed by atoms with Gasteiger partial charge in [-0.2, -0.15) is 5.10 Å². The molecule has 22 heavy (non-hydrogen) atoms. The Morgan fingerprint density at radius 1 is 1.18 bits per heavy atom. The Morgan fingerprint density at radius 3 is 2.64 bits per heavy atom. The minimum atomic E-state index is 0.125. The lowest BCUT2D eigenvalue weighted by Gasteiger charge is -2.19. The van der Waals surface area contributed by atoms with E-state index in [0.717, 1.165) is 19.4 Å². The number of anilines is 1. The number of carbonyl (C=O) groups is 1. The van der Waals surface area contributed by atoms with Gasteiger partial charge in [-0.3, -0.25) is 9.48 Å². The molecule has 1 aliphatic carbocycles. The lowest BCUT2D eigenvalue weighted by molar-refractivity contribution is -0.120. The van der Waals surface area contributed by atoms with Crippen LogP contribution in [0.25, 0.3) is 0 Å². The molecule has 0 saturated heterocycles. The number of carbonyl (C=O) groups excluding carboxylic acids is 1. The van der Waals surface area contributed by atoms with Crippen molar-refractivity contribution in [3.8, 4) is 0 Å². The van der Waals surface area contributed by atoms with Gasteiger partial charge in [-0.1, -0.05) is 49.1 Å². The molecule has 1 aromatic heterocycles. The maximum Gasteiger partial charge on any atom is 0.228 e. The predicted octanol–water partition coefficient (Wildman–Crippen LogP) is 3.76. The number of benzene rings is 1. The van der Waals surface area contributed by atoms with Crippen LogP contribution >= 0.6 is 0 Å². The van der Waals surface area contributed by atoms with Crippen LogP contribution in [0.3, 0.4) is 0 Å². The van der Waals surface area contributed by atoms with Crippen LogP contribution in [0.4, 0.5) is 5.82 Å². The first-order chi connectivity index (χ1) is 10.7. The maximum atomic E-state index is 12.2. The highest BCUT2D eigenvalue weighted by Gasteiger charge is 2.21. The summed E-state index contributed by atoms with van der Waals surface area (Å²) in [7, 11) is 0. The van der Waals surface area contributed by atoms with Crippen molar-refractivity contribution in [3.63, 3.8) is 0 Å². The van der Waals surface area contributed by atoms with Gasteiger partial charge in [0, 0.05) is 18.2 Å². The van der Waals surface area contributed by atoms with Crippen molar-refractivity contribution in [2.24, 2.45) is 5.92 Å². The molecule has 0 bridgehead atoms. The van der Waals surface area contributed by atoms with E-state index in [1.54, 1.807) is 0 Å². The molecule has 1 N–H and O–H groups in total. The third kappa shape index (κ3) is 3.75. The van der Waals surface area contributed by atoms with Crippen molar-refractivity contribution in [3.05, 3.63) is 47.7 Å². The molecule has 0 radical (unpaired) electrons. The average molecular weight is 297 g/mol. The third-order valence-electron chi connectivity index (χ3n) is 4.33. The summed E-state index contributed by atoms with van der Waals surface area (Å²) in [4.78, 5) is 12.2. The Morgan fingerprint density at radius 2 is 1.91 bits per heavy atom. The van der Waals surface area contributed by atoms with Gasteiger partial charge in [0.25, 0.3) is 0 Å². The van der Waals surface area contributed by atoms with E-state index in [1.165, 1.54) is 30.4 Å². The lowest BCUT2D eigenvalue weighted by atomic mass is 9.89. The van der Waals surface area contributed by atoms with Gasteiger partial charge in [-0.05, 0) is 25.3 Å². The fourth-order valence-electron chi connectivity index (χ4n) is 2.99. The van der Waals surface area contributed by atoms with Crippen LogP contribution in [0.2, 0.25) is 0 Å². The first kappa shape index (κ1) is 14.8. The molecule has 1 heterocycles. The van der Waals surface area contributed by atoms with E-state index in [1.807, 2.05) is 16.9 Å². The van der Waals surface area contributed by atoms with E-state index < -0.39 is 0 Å². The van der Waals surface area contributed by atoms with Gasteiger partial charge < -0.3 is 5.32 Å². The number of nitrogens with zero attached hydrogens (tertiary/aromatic N) is 2. The Balaban J connectivity index is 1.58. The van der Waals surface area contributed by atoms with Crippen LogP contribution in [-0.2, 0) is 11.3 Å². The normalized spacial score (nSPS) is 15.7. The summed E-state index contributed by atoms with van der Waals surface area (Å²) in [5, 5.41) is 7.40. The Bertz CT molecular complexity index is 624. The molecular weight excluding hydrogens is 274 g/mol. The van der Waals surface area contributed by atoms with Gasteiger partial charge in [-0.15, -0.1) is 0 Å². The maximum absolute atomic E-state index is 12.2. The van der Waals surface area contributed by atoms with Crippen molar-refractivity contribution in [1.82, 2.24) is 9.78 Å². The van der Waals surface area contributed by atoms with E-state index in [-0.39, 0.29) is 11.8 Å². The molecule has 1 aliphatic rings. The summed E-state index contributed by atoms with van der Waals surface area (Å²) in [6, 6.07) is 10.3. The van der Waals surface area contributed by atoms with E-state index in [4.69, 9.17) is 0 Å². The molecule has 1 aromatic carbocycles. The minimum absolute atomic E-state index is 0.125. The summed E-state index contributed by atoms with van der Waals surface area (Å²) < 4.78 is 1.86. The van der Waals surface area contributed by atoms with Gasteiger partial charge in [0.05, 0.1) is 6.54 Å². The molecule has 4 nitrogen and oxygen atoms in total. The van der Waals surface area contributed by atoms with Crippen LogP contribution in [0.5, 0.6) is 0 Å². The molecule has 4 heteroatoms. The van der Waals surface area contributed by atoms with Crippen LogP contribution < -0.4 is 5.32 Å². The van der Waals surface area contributed by atoms with Crippen molar-refractivity contribution >= 4 is 11.7 Å².